The van der Waals surface area contributed by atoms with Crippen LogP contribution in [0.5, 0.6) is 5.75 Å². The number of halogens is 1. The van der Waals surface area contributed by atoms with E-state index in [1.54, 1.807) is 19.2 Å². The number of methoxy groups -OCH3 is 1. The van der Waals surface area contributed by atoms with Gasteiger partial charge in [-0.3, -0.25) is 9.59 Å². The molecule has 1 unspecified atom stereocenters. The third kappa shape index (κ3) is 7.35. The second-order valence-corrected chi connectivity index (χ2v) is 10.7. The number of thioether (sulfide) groups is 1. The molecule has 2 amide bonds. The minimum absolute atomic E-state index is 0.120. The molecule has 0 aliphatic rings. The number of amides is 2. The molecule has 190 valence electrons. The maximum atomic E-state index is 13.0. The van der Waals surface area contributed by atoms with Crippen LogP contribution in [0.15, 0.2) is 83.1 Å². The molecule has 0 saturated carbocycles. The number of thiazole rings is 1. The number of anilines is 2. The highest BCUT2D eigenvalue weighted by Crippen LogP contribution is 2.33. The second-order valence-electron chi connectivity index (χ2n) is 8.12. The molecule has 1 aromatic heterocycles. The minimum Gasteiger partial charge on any atom is -0.496 e. The number of nitrogens with zero attached hydrogens (tertiary/aromatic N) is 1. The van der Waals surface area contributed by atoms with Crippen LogP contribution in [-0.2, 0) is 16.0 Å². The van der Waals surface area contributed by atoms with Gasteiger partial charge in [-0.1, -0.05) is 48.9 Å². The summed E-state index contributed by atoms with van der Waals surface area (Å²) < 4.78 is 5.42. The summed E-state index contributed by atoms with van der Waals surface area (Å²) in [6.45, 7) is 1.97. The smallest absolute Gasteiger partial charge is 0.239 e. The first-order valence-electron chi connectivity index (χ1n) is 11.7. The molecule has 0 radical (unpaired) electrons. The van der Waals surface area contributed by atoms with E-state index in [-0.39, 0.29) is 23.5 Å². The Hall–Kier alpha value is -3.33. The van der Waals surface area contributed by atoms with Crippen molar-refractivity contribution in [1.29, 1.82) is 0 Å². The van der Waals surface area contributed by atoms with Gasteiger partial charge in [0.15, 0.2) is 5.13 Å². The van der Waals surface area contributed by atoms with E-state index in [1.807, 2.05) is 73.0 Å². The van der Waals surface area contributed by atoms with Crippen molar-refractivity contribution in [3.05, 3.63) is 88.8 Å². The second kappa shape index (κ2) is 12.8. The number of benzene rings is 3. The highest BCUT2D eigenvalue weighted by molar-refractivity contribution is 8.00. The Kier molecular flexibility index (Phi) is 9.22. The SMILES string of the molecule is CCC(Sc1cccc(NC(=O)Cc2ccc(Cl)cc2)c1)C(=O)Nc1nc(-c2ccccc2OC)cs1. The fourth-order valence-corrected chi connectivity index (χ4v) is 5.48. The summed E-state index contributed by atoms with van der Waals surface area (Å²) in [5.41, 5.74) is 3.19. The predicted octanol–water partition coefficient (Wildman–Crippen LogP) is 7.16. The van der Waals surface area contributed by atoms with Crippen LogP contribution in [0.3, 0.4) is 0 Å². The van der Waals surface area contributed by atoms with E-state index in [4.69, 9.17) is 16.3 Å². The fourth-order valence-electron chi connectivity index (χ4n) is 3.62. The molecule has 4 rings (SSSR count). The van der Waals surface area contributed by atoms with Gasteiger partial charge >= 0.3 is 0 Å². The van der Waals surface area contributed by atoms with Gasteiger partial charge in [0, 0.05) is 26.5 Å². The molecule has 0 saturated heterocycles. The molecule has 0 aliphatic heterocycles. The molecule has 0 fully saturated rings. The molecule has 1 atom stereocenters. The summed E-state index contributed by atoms with van der Waals surface area (Å²) in [5.74, 6) is 0.488. The van der Waals surface area contributed by atoms with Crippen molar-refractivity contribution in [2.45, 2.75) is 29.9 Å². The largest absolute Gasteiger partial charge is 0.496 e. The summed E-state index contributed by atoms with van der Waals surface area (Å²) in [6.07, 6.45) is 0.883. The first-order chi connectivity index (χ1) is 17.9. The molecule has 4 aromatic rings. The average Bonchev–Trinajstić information content (AvgIpc) is 3.37. The van der Waals surface area contributed by atoms with Crippen LogP contribution in [-0.4, -0.2) is 29.2 Å². The molecule has 1 heterocycles. The van der Waals surface area contributed by atoms with Gasteiger partial charge in [0.25, 0.3) is 0 Å². The number of para-hydroxylation sites is 1. The fraction of sp³-hybridized carbons (Fsp3) is 0.179. The Morgan fingerprint density at radius 1 is 1.05 bits per heavy atom. The zero-order valence-corrected chi connectivity index (χ0v) is 22.8. The van der Waals surface area contributed by atoms with Crippen LogP contribution in [0.4, 0.5) is 10.8 Å². The van der Waals surface area contributed by atoms with Crippen molar-refractivity contribution < 1.29 is 14.3 Å². The van der Waals surface area contributed by atoms with E-state index in [1.165, 1.54) is 23.1 Å². The number of nitrogens with one attached hydrogen (secondary N) is 2. The number of carbonyl (C=O) groups is 2. The molecular weight excluding hydrogens is 526 g/mol. The molecule has 0 bridgehead atoms. The zero-order chi connectivity index (χ0) is 26.2. The van der Waals surface area contributed by atoms with Crippen LogP contribution in [0, 0.1) is 0 Å². The van der Waals surface area contributed by atoms with E-state index in [0.29, 0.717) is 22.3 Å². The van der Waals surface area contributed by atoms with Crippen LogP contribution < -0.4 is 15.4 Å². The number of rotatable bonds is 10. The number of carbonyl (C=O) groups excluding carboxylic acids is 2. The Morgan fingerprint density at radius 3 is 2.59 bits per heavy atom. The number of hydrogen-bond donors (Lipinski definition) is 2. The van der Waals surface area contributed by atoms with Crippen molar-refractivity contribution >= 4 is 57.3 Å². The lowest BCUT2D eigenvalue weighted by molar-refractivity contribution is -0.116. The lowest BCUT2D eigenvalue weighted by Crippen LogP contribution is -2.24. The van der Waals surface area contributed by atoms with Gasteiger partial charge in [-0.2, -0.15) is 0 Å². The highest BCUT2D eigenvalue weighted by atomic mass is 35.5. The molecule has 0 spiro atoms. The average molecular weight is 552 g/mol. The van der Waals surface area contributed by atoms with Crippen LogP contribution in [0.2, 0.25) is 5.02 Å². The van der Waals surface area contributed by atoms with E-state index < -0.39 is 0 Å². The van der Waals surface area contributed by atoms with Crippen LogP contribution in [0.1, 0.15) is 18.9 Å². The number of hydrogen-bond acceptors (Lipinski definition) is 6. The summed E-state index contributed by atoms with van der Waals surface area (Å²) in [7, 11) is 1.62. The summed E-state index contributed by atoms with van der Waals surface area (Å²) in [4.78, 5) is 31.0. The summed E-state index contributed by atoms with van der Waals surface area (Å²) in [5, 5.41) is 8.63. The van der Waals surface area contributed by atoms with Crippen molar-refractivity contribution in [2.75, 3.05) is 17.7 Å². The maximum Gasteiger partial charge on any atom is 0.239 e. The zero-order valence-electron chi connectivity index (χ0n) is 20.4. The summed E-state index contributed by atoms with van der Waals surface area (Å²) >= 11 is 8.74. The third-order valence-electron chi connectivity index (χ3n) is 5.45. The van der Waals surface area contributed by atoms with Gasteiger partial charge < -0.3 is 15.4 Å². The summed E-state index contributed by atoms with van der Waals surface area (Å²) in [6, 6.07) is 22.4. The van der Waals surface area contributed by atoms with E-state index in [9.17, 15) is 9.59 Å². The Balaban J connectivity index is 1.37. The van der Waals surface area contributed by atoms with E-state index >= 15 is 0 Å². The minimum atomic E-state index is -0.321. The Morgan fingerprint density at radius 2 is 1.84 bits per heavy atom. The topological polar surface area (TPSA) is 80.3 Å². The van der Waals surface area contributed by atoms with Crippen molar-refractivity contribution in [3.8, 4) is 17.0 Å². The van der Waals surface area contributed by atoms with Crippen molar-refractivity contribution in [2.24, 2.45) is 0 Å². The quantitative estimate of drug-likeness (QED) is 0.204. The van der Waals surface area contributed by atoms with E-state index in [0.717, 1.165) is 27.5 Å². The van der Waals surface area contributed by atoms with Crippen LogP contribution >= 0.6 is 34.7 Å². The van der Waals surface area contributed by atoms with Crippen molar-refractivity contribution in [1.82, 2.24) is 4.98 Å². The highest BCUT2D eigenvalue weighted by Gasteiger charge is 2.20. The third-order valence-corrected chi connectivity index (χ3v) is 7.82. The van der Waals surface area contributed by atoms with Gasteiger partial charge in [-0.25, -0.2) is 4.98 Å². The molecular formula is C28H26ClN3O3S2. The van der Waals surface area contributed by atoms with Gasteiger partial charge in [0.05, 0.1) is 24.5 Å². The van der Waals surface area contributed by atoms with Gasteiger partial charge in [-0.05, 0) is 54.4 Å². The monoisotopic (exact) mass is 551 g/mol. The molecule has 0 aliphatic carbocycles. The molecule has 37 heavy (non-hydrogen) atoms. The first kappa shape index (κ1) is 26.7. The standard InChI is InChI=1S/C28H26ClN3O3S2/c1-3-25(27(34)32-28-31-23(17-36-28)22-9-4-5-10-24(22)35-2)37-21-8-6-7-20(16-21)30-26(33)15-18-11-13-19(29)14-12-18/h4-14,16-17,25H,3,15H2,1-2H3,(H,30,33)(H,31,32,34). The lowest BCUT2D eigenvalue weighted by atomic mass is 10.1. The van der Waals surface area contributed by atoms with Crippen molar-refractivity contribution in [3.63, 3.8) is 0 Å². The first-order valence-corrected chi connectivity index (χ1v) is 13.8. The van der Waals surface area contributed by atoms with E-state index in [2.05, 4.69) is 15.6 Å². The van der Waals surface area contributed by atoms with Gasteiger partial charge in [0.2, 0.25) is 11.8 Å². The molecule has 6 nitrogen and oxygen atoms in total. The lowest BCUT2D eigenvalue weighted by Gasteiger charge is -2.14. The molecule has 3 aromatic carbocycles. The van der Waals surface area contributed by atoms with Gasteiger partial charge in [-0.15, -0.1) is 23.1 Å². The predicted molar refractivity (Wildman–Crippen MR) is 153 cm³/mol. The molecule has 2 N–H and O–H groups in total. The van der Waals surface area contributed by atoms with Gasteiger partial charge in [0.1, 0.15) is 5.75 Å². The Bertz CT molecular complexity index is 1380. The van der Waals surface area contributed by atoms with Crippen LogP contribution in [0.25, 0.3) is 11.3 Å². The number of aromatic nitrogens is 1. The normalized spacial score (nSPS) is 11.5. The molecule has 9 heteroatoms. The Labute approximate surface area is 229 Å². The maximum absolute atomic E-state index is 13.0. The number of ether oxygens (including phenoxy) is 1.